The van der Waals surface area contributed by atoms with Gasteiger partial charge in [0.2, 0.25) is 5.89 Å². The molecule has 0 unspecified atom stereocenters. The Hall–Kier alpha value is -1.39. The predicted molar refractivity (Wildman–Crippen MR) is 82.2 cm³/mol. The van der Waals surface area contributed by atoms with E-state index in [0.29, 0.717) is 16.7 Å². The van der Waals surface area contributed by atoms with Crippen LogP contribution in [0.4, 0.5) is 0 Å². The molecule has 1 aliphatic rings. The van der Waals surface area contributed by atoms with Gasteiger partial charge in [-0.05, 0) is 38.3 Å². The summed E-state index contributed by atoms with van der Waals surface area (Å²) in [4.78, 5) is 4.59. The van der Waals surface area contributed by atoms with Crippen LogP contribution < -0.4 is 5.73 Å². The molecule has 4 nitrogen and oxygen atoms in total. The lowest BCUT2D eigenvalue weighted by Gasteiger charge is -2.22. The third-order valence-electron chi connectivity index (χ3n) is 4.45. The summed E-state index contributed by atoms with van der Waals surface area (Å²) in [7, 11) is 0. The number of hydrogen-bond donors (Lipinski definition) is 1. The fourth-order valence-corrected chi connectivity index (χ4v) is 3.36. The molecule has 21 heavy (non-hydrogen) atoms. The molecule has 3 rings (SSSR count). The van der Waals surface area contributed by atoms with Crippen LogP contribution in [0, 0.1) is 0 Å². The van der Waals surface area contributed by atoms with Crippen LogP contribution in [0.1, 0.15) is 56.8 Å². The maximum atomic E-state index is 6.39. The average molecular weight is 306 g/mol. The zero-order valence-corrected chi connectivity index (χ0v) is 13.2. The second-order valence-corrected chi connectivity index (χ2v) is 6.80. The minimum Gasteiger partial charge on any atom is -0.338 e. The zero-order chi connectivity index (χ0) is 15.1. The highest BCUT2D eigenvalue weighted by atomic mass is 35.5. The summed E-state index contributed by atoms with van der Waals surface area (Å²) in [5.74, 6) is 1.18. The van der Waals surface area contributed by atoms with E-state index in [1.165, 1.54) is 0 Å². The molecule has 2 aromatic rings. The van der Waals surface area contributed by atoms with Crippen molar-refractivity contribution in [2.24, 2.45) is 5.73 Å². The normalized spacial score (nSPS) is 18.1. The Kier molecular flexibility index (Phi) is 3.54. The standard InChI is InChI=1S/C16H20ClN3O/c1-15(2,11-7-3-4-8-12(11)17)14-19-13(20-21-14)16(18)9-5-6-10-16/h3-4,7-8H,5-6,9-10,18H2,1-2H3. The maximum absolute atomic E-state index is 6.39. The summed E-state index contributed by atoms with van der Waals surface area (Å²) in [6.07, 6.45) is 4.07. The van der Waals surface area contributed by atoms with Crippen LogP contribution in [0.5, 0.6) is 0 Å². The van der Waals surface area contributed by atoms with Gasteiger partial charge in [-0.1, -0.05) is 47.8 Å². The molecule has 5 heteroatoms. The molecule has 0 saturated heterocycles. The number of rotatable bonds is 3. The molecule has 112 valence electrons. The molecule has 0 aliphatic heterocycles. The Morgan fingerprint density at radius 2 is 1.90 bits per heavy atom. The molecular weight excluding hydrogens is 286 g/mol. The fraction of sp³-hybridized carbons (Fsp3) is 0.500. The molecule has 0 amide bonds. The van der Waals surface area contributed by atoms with Gasteiger partial charge in [-0.25, -0.2) is 0 Å². The number of halogens is 1. The van der Waals surface area contributed by atoms with Gasteiger partial charge in [0.1, 0.15) is 0 Å². The minimum atomic E-state index is -0.446. The van der Waals surface area contributed by atoms with Crippen LogP contribution in [0.25, 0.3) is 0 Å². The third-order valence-corrected chi connectivity index (χ3v) is 4.78. The highest BCUT2D eigenvalue weighted by Crippen LogP contribution is 2.38. The molecule has 1 saturated carbocycles. The lowest BCUT2D eigenvalue weighted by molar-refractivity contribution is 0.319. The number of benzene rings is 1. The van der Waals surface area contributed by atoms with Crippen molar-refractivity contribution in [1.82, 2.24) is 10.1 Å². The SMILES string of the molecule is CC(C)(c1nc(C2(N)CCCC2)no1)c1ccccc1Cl. The molecule has 0 bridgehead atoms. The molecule has 0 radical (unpaired) electrons. The van der Waals surface area contributed by atoms with Gasteiger partial charge in [0.05, 0.1) is 11.0 Å². The van der Waals surface area contributed by atoms with E-state index in [1.807, 2.05) is 38.1 Å². The highest BCUT2D eigenvalue weighted by molar-refractivity contribution is 6.31. The van der Waals surface area contributed by atoms with Crippen LogP contribution >= 0.6 is 11.6 Å². The van der Waals surface area contributed by atoms with Gasteiger partial charge in [0, 0.05) is 5.02 Å². The topological polar surface area (TPSA) is 64.9 Å². The van der Waals surface area contributed by atoms with Crippen LogP contribution in [-0.4, -0.2) is 10.1 Å². The van der Waals surface area contributed by atoms with Crippen LogP contribution in [0.2, 0.25) is 5.02 Å². The molecule has 0 spiro atoms. The Labute approximate surface area is 129 Å². The summed E-state index contributed by atoms with van der Waals surface area (Å²) in [6, 6.07) is 7.73. The second-order valence-electron chi connectivity index (χ2n) is 6.39. The molecule has 2 N–H and O–H groups in total. The van der Waals surface area contributed by atoms with Crippen molar-refractivity contribution in [3.05, 3.63) is 46.6 Å². The zero-order valence-electron chi connectivity index (χ0n) is 12.4. The maximum Gasteiger partial charge on any atom is 0.236 e. The third kappa shape index (κ3) is 2.47. The van der Waals surface area contributed by atoms with Gasteiger partial charge in [-0.3, -0.25) is 0 Å². The monoisotopic (exact) mass is 305 g/mol. The van der Waals surface area contributed by atoms with E-state index in [-0.39, 0.29) is 0 Å². The van der Waals surface area contributed by atoms with Gasteiger partial charge in [0.25, 0.3) is 0 Å². The van der Waals surface area contributed by atoms with E-state index in [9.17, 15) is 0 Å². The van der Waals surface area contributed by atoms with Crippen molar-refractivity contribution in [3.63, 3.8) is 0 Å². The number of aromatic nitrogens is 2. The van der Waals surface area contributed by atoms with Gasteiger partial charge >= 0.3 is 0 Å². The average Bonchev–Trinajstić information content (AvgIpc) is 3.08. The van der Waals surface area contributed by atoms with Crippen molar-refractivity contribution in [3.8, 4) is 0 Å². The molecule has 0 atom stereocenters. The minimum absolute atomic E-state index is 0.432. The van der Waals surface area contributed by atoms with Crippen molar-refractivity contribution in [2.75, 3.05) is 0 Å². The Balaban J connectivity index is 1.97. The first-order valence-electron chi connectivity index (χ1n) is 7.32. The summed E-state index contributed by atoms with van der Waals surface area (Å²) in [5, 5.41) is 4.84. The summed E-state index contributed by atoms with van der Waals surface area (Å²) in [6.45, 7) is 4.06. The van der Waals surface area contributed by atoms with E-state index in [0.717, 1.165) is 31.2 Å². The van der Waals surface area contributed by atoms with Crippen molar-refractivity contribution >= 4 is 11.6 Å². The molecule has 1 aromatic heterocycles. The van der Waals surface area contributed by atoms with Gasteiger partial charge in [-0.2, -0.15) is 4.98 Å². The summed E-state index contributed by atoms with van der Waals surface area (Å²) >= 11 is 6.31. The van der Waals surface area contributed by atoms with E-state index >= 15 is 0 Å². The Bertz CT molecular complexity index is 644. The van der Waals surface area contributed by atoms with Crippen molar-refractivity contribution < 1.29 is 4.52 Å². The molecule has 1 aromatic carbocycles. The van der Waals surface area contributed by atoms with Crippen LogP contribution in [-0.2, 0) is 11.0 Å². The van der Waals surface area contributed by atoms with Crippen LogP contribution in [0.15, 0.2) is 28.8 Å². The lowest BCUT2D eigenvalue weighted by atomic mass is 9.84. The van der Waals surface area contributed by atoms with Gasteiger partial charge in [-0.15, -0.1) is 0 Å². The van der Waals surface area contributed by atoms with Gasteiger partial charge in [0.15, 0.2) is 5.82 Å². The first-order valence-corrected chi connectivity index (χ1v) is 7.70. The summed E-state index contributed by atoms with van der Waals surface area (Å²) in [5.41, 5.74) is 6.49. The van der Waals surface area contributed by atoms with Gasteiger partial charge < -0.3 is 10.3 Å². The largest absolute Gasteiger partial charge is 0.338 e. The van der Waals surface area contributed by atoms with Crippen molar-refractivity contribution in [1.29, 1.82) is 0 Å². The Morgan fingerprint density at radius 1 is 1.24 bits per heavy atom. The van der Waals surface area contributed by atoms with E-state index in [4.69, 9.17) is 21.9 Å². The molecule has 1 aliphatic carbocycles. The second kappa shape index (κ2) is 5.11. The molecule has 1 fully saturated rings. The van der Waals surface area contributed by atoms with E-state index in [2.05, 4.69) is 10.1 Å². The highest BCUT2D eigenvalue weighted by Gasteiger charge is 2.39. The molecule has 1 heterocycles. The van der Waals surface area contributed by atoms with E-state index in [1.54, 1.807) is 0 Å². The van der Waals surface area contributed by atoms with E-state index < -0.39 is 11.0 Å². The number of nitrogens with zero attached hydrogens (tertiary/aromatic N) is 2. The smallest absolute Gasteiger partial charge is 0.236 e. The first-order chi connectivity index (χ1) is 9.93. The Morgan fingerprint density at radius 3 is 2.57 bits per heavy atom. The molecular formula is C16H20ClN3O. The number of nitrogens with two attached hydrogens (primary N) is 1. The lowest BCUT2D eigenvalue weighted by Crippen LogP contribution is -2.34. The number of hydrogen-bond acceptors (Lipinski definition) is 4. The van der Waals surface area contributed by atoms with Crippen molar-refractivity contribution in [2.45, 2.75) is 50.5 Å². The predicted octanol–water partition coefficient (Wildman–Crippen LogP) is 3.78. The summed E-state index contributed by atoms with van der Waals surface area (Å²) < 4.78 is 5.52. The fourth-order valence-electron chi connectivity index (χ4n) is 2.99. The first kappa shape index (κ1) is 14.5. The quantitative estimate of drug-likeness (QED) is 0.937. The van der Waals surface area contributed by atoms with Crippen LogP contribution in [0.3, 0.4) is 0 Å².